The molecule has 1 fully saturated rings. The number of rotatable bonds is 4. The van der Waals surface area contributed by atoms with Crippen LogP contribution in [0.1, 0.15) is 38.3 Å². The fourth-order valence-electron chi connectivity index (χ4n) is 2.57. The molecule has 5 nitrogen and oxygen atoms in total. The van der Waals surface area contributed by atoms with E-state index >= 15 is 0 Å². The van der Waals surface area contributed by atoms with Gasteiger partial charge in [-0.15, -0.1) is 0 Å². The van der Waals surface area contributed by atoms with Crippen molar-refractivity contribution in [3.05, 3.63) is 18.0 Å². The summed E-state index contributed by atoms with van der Waals surface area (Å²) in [7, 11) is -1.64. The second-order valence-corrected chi connectivity index (χ2v) is 7.04. The summed E-state index contributed by atoms with van der Waals surface area (Å²) in [4.78, 5) is 0.304. The molecule has 0 aliphatic heterocycles. The highest BCUT2D eigenvalue weighted by atomic mass is 32.2. The summed E-state index contributed by atoms with van der Waals surface area (Å²) < 4.78 is 29.2. The smallest absolute Gasteiger partial charge is 0.242 e. The minimum Gasteiger partial charge on any atom is -0.352 e. The van der Waals surface area contributed by atoms with Crippen molar-refractivity contribution in [3.8, 4) is 0 Å². The molecule has 1 aliphatic carbocycles. The van der Waals surface area contributed by atoms with Gasteiger partial charge < -0.3 is 10.3 Å². The van der Waals surface area contributed by atoms with Crippen LogP contribution >= 0.6 is 0 Å². The lowest BCUT2D eigenvalue weighted by Gasteiger charge is -2.24. The van der Waals surface area contributed by atoms with Crippen LogP contribution in [0.4, 0.5) is 0 Å². The van der Waals surface area contributed by atoms with Crippen molar-refractivity contribution in [3.63, 3.8) is 0 Å². The van der Waals surface area contributed by atoms with E-state index in [1.807, 2.05) is 6.92 Å². The molecule has 1 saturated carbocycles. The summed E-state index contributed by atoms with van der Waals surface area (Å²) >= 11 is 0. The Balaban J connectivity index is 2.24. The predicted molar refractivity (Wildman–Crippen MR) is 70.5 cm³/mol. The van der Waals surface area contributed by atoms with Gasteiger partial charge in [0.2, 0.25) is 10.0 Å². The van der Waals surface area contributed by atoms with Gasteiger partial charge in [-0.05, 0) is 25.8 Å². The normalized spacial score (nSPS) is 19.3. The first-order chi connectivity index (χ1) is 8.36. The summed E-state index contributed by atoms with van der Waals surface area (Å²) in [5.41, 5.74) is 6.08. The zero-order valence-corrected chi connectivity index (χ0v) is 11.8. The van der Waals surface area contributed by atoms with E-state index in [-0.39, 0.29) is 5.54 Å². The number of hydrogen-bond acceptors (Lipinski definition) is 3. The minimum atomic E-state index is -3.44. The van der Waals surface area contributed by atoms with E-state index in [0.29, 0.717) is 11.4 Å². The highest BCUT2D eigenvalue weighted by Crippen LogP contribution is 2.30. The molecule has 0 amide bonds. The van der Waals surface area contributed by atoms with E-state index in [1.165, 1.54) is 0 Å². The zero-order chi connectivity index (χ0) is 13.4. The third-order valence-electron chi connectivity index (χ3n) is 3.69. The maximum absolute atomic E-state index is 12.3. The summed E-state index contributed by atoms with van der Waals surface area (Å²) in [6.45, 7) is 2.31. The molecule has 6 heteroatoms. The van der Waals surface area contributed by atoms with Crippen LogP contribution in [0, 0.1) is 0 Å². The number of sulfonamides is 1. The second-order valence-electron chi connectivity index (χ2n) is 5.36. The Morgan fingerprint density at radius 1 is 1.44 bits per heavy atom. The van der Waals surface area contributed by atoms with Crippen LogP contribution in [0.25, 0.3) is 0 Å². The van der Waals surface area contributed by atoms with Gasteiger partial charge in [0, 0.05) is 31.0 Å². The highest BCUT2D eigenvalue weighted by Gasteiger charge is 2.33. The van der Waals surface area contributed by atoms with Gasteiger partial charge >= 0.3 is 0 Å². The highest BCUT2D eigenvalue weighted by molar-refractivity contribution is 7.89. The molecule has 0 saturated heterocycles. The van der Waals surface area contributed by atoms with Crippen LogP contribution < -0.4 is 10.5 Å². The molecule has 1 heterocycles. The topological polar surface area (TPSA) is 77.1 Å². The van der Waals surface area contributed by atoms with Crippen molar-refractivity contribution in [2.24, 2.45) is 12.8 Å². The minimum absolute atomic E-state index is 0.294. The quantitative estimate of drug-likeness (QED) is 0.860. The number of hydrogen-bond donors (Lipinski definition) is 2. The van der Waals surface area contributed by atoms with Gasteiger partial charge in [0.25, 0.3) is 0 Å². The molecule has 102 valence electrons. The third-order valence-corrected chi connectivity index (χ3v) is 5.30. The predicted octanol–water partition coefficient (Wildman–Crippen LogP) is 1.09. The van der Waals surface area contributed by atoms with Gasteiger partial charge in [-0.1, -0.05) is 12.8 Å². The Bertz CT molecular complexity index is 528. The van der Waals surface area contributed by atoms with Crippen molar-refractivity contribution >= 4 is 10.0 Å². The number of nitrogens with zero attached hydrogens (tertiary/aromatic N) is 1. The van der Waals surface area contributed by atoms with Crippen LogP contribution in [0.5, 0.6) is 0 Å². The third kappa shape index (κ3) is 2.60. The van der Waals surface area contributed by atoms with Crippen molar-refractivity contribution in [1.29, 1.82) is 0 Å². The Labute approximate surface area is 108 Å². The molecule has 0 bridgehead atoms. The molecule has 0 unspecified atom stereocenters. The Kier molecular flexibility index (Phi) is 3.53. The molecule has 1 aliphatic rings. The standard InChI is InChI=1S/C12H21N3O2S/c1-12(5-3-4-6-12)14-18(16,17)11-7-10(8-13)15(2)9-11/h7,9,14H,3-6,8,13H2,1-2H3. The molecule has 0 atom stereocenters. The number of nitrogens with one attached hydrogen (secondary N) is 1. The van der Waals surface area contributed by atoms with Gasteiger partial charge in [0.05, 0.1) is 4.90 Å². The molecule has 0 aromatic carbocycles. The van der Waals surface area contributed by atoms with Gasteiger partial charge in [0.15, 0.2) is 0 Å². The molecule has 18 heavy (non-hydrogen) atoms. The van der Waals surface area contributed by atoms with Crippen LogP contribution in [0.3, 0.4) is 0 Å². The second kappa shape index (κ2) is 4.68. The molecular formula is C12H21N3O2S. The lowest BCUT2D eigenvalue weighted by atomic mass is 10.0. The van der Waals surface area contributed by atoms with Crippen molar-refractivity contribution in [2.75, 3.05) is 0 Å². The first-order valence-electron chi connectivity index (χ1n) is 6.26. The fraction of sp³-hybridized carbons (Fsp3) is 0.667. The summed E-state index contributed by atoms with van der Waals surface area (Å²) in [6.07, 6.45) is 5.60. The van der Waals surface area contributed by atoms with Gasteiger partial charge in [-0.25, -0.2) is 13.1 Å². The zero-order valence-electron chi connectivity index (χ0n) is 10.9. The van der Waals surface area contributed by atoms with E-state index in [2.05, 4.69) is 4.72 Å². The van der Waals surface area contributed by atoms with E-state index in [4.69, 9.17) is 5.73 Å². The molecule has 3 N–H and O–H groups in total. The van der Waals surface area contributed by atoms with Crippen molar-refractivity contribution < 1.29 is 8.42 Å². The van der Waals surface area contributed by atoms with Crippen LogP contribution in [0.2, 0.25) is 0 Å². The van der Waals surface area contributed by atoms with Crippen molar-refractivity contribution in [2.45, 2.75) is 49.6 Å². The van der Waals surface area contributed by atoms with Crippen molar-refractivity contribution in [1.82, 2.24) is 9.29 Å². The van der Waals surface area contributed by atoms with Crippen LogP contribution in [-0.4, -0.2) is 18.5 Å². The largest absolute Gasteiger partial charge is 0.352 e. The maximum Gasteiger partial charge on any atom is 0.242 e. The van der Waals surface area contributed by atoms with E-state index in [9.17, 15) is 8.42 Å². The number of nitrogens with two attached hydrogens (primary N) is 1. The molecular weight excluding hydrogens is 250 g/mol. The maximum atomic E-state index is 12.3. The van der Waals surface area contributed by atoms with E-state index < -0.39 is 10.0 Å². The molecule has 1 aromatic rings. The van der Waals surface area contributed by atoms with E-state index in [0.717, 1.165) is 31.4 Å². The lowest BCUT2D eigenvalue weighted by molar-refractivity contribution is 0.427. The first-order valence-corrected chi connectivity index (χ1v) is 7.74. The molecule has 0 radical (unpaired) electrons. The molecule has 1 aromatic heterocycles. The Morgan fingerprint density at radius 3 is 2.56 bits per heavy atom. The van der Waals surface area contributed by atoms with Gasteiger partial charge in [0.1, 0.15) is 0 Å². The van der Waals surface area contributed by atoms with Gasteiger partial charge in [-0.2, -0.15) is 0 Å². The number of aromatic nitrogens is 1. The Hall–Kier alpha value is -0.850. The van der Waals surface area contributed by atoms with Gasteiger partial charge in [-0.3, -0.25) is 0 Å². The number of aryl methyl sites for hydroxylation is 1. The van der Waals surface area contributed by atoms with Crippen LogP contribution in [0.15, 0.2) is 17.2 Å². The first kappa shape index (κ1) is 13.6. The monoisotopic (exact) mass is 271 g/mol. The average Bonchev–Trinajstić information content (AvgIpc) is 2.84. The summed E-state index contributed by atoms with van der Waals surface area (Å²) in [6, 6.07) is 1.64. The summed E-state index contributed by atoms with van der Waals surface area (Å²) in [5.74, 6) is 0. The average molecular weight is 271 g/mol. The SMILES string of the molecule is Cn1cc(S(=O)(=O)NC2(C)CCCC2)cc1CN. The Morgan fingerprint density at radius 2 is 2.06 bits per heavy atom. The van der Waals surface area contributed by atoms with E-state index in [1.54, 1.807) is 23.9 Å². The summed E-state index contributed by atoms with van der Waals surface area (Å²) in [5, 5.41) is 0. The fourth-order valence-corrected chi connectivity index (χ4v) is 4.13. The molecule has 0 spiro atoms. The van der Waals surface area contributed by atoms with Crippen LogP contribution in [-0.2, 0) is 23.6 Å². The molecule has 2 rings (SSSR count). The lowest BCUT2D eigenvalue weighted by Crippen LogP contribution is -2.43.